The molecule has 0 aromatic heterocycles. The third kappa shape index (κ3) is 2.68. The van der Waals surface area contributed by atoms with E-state index in [1.165, 1.54) is 7.11 Å². The van der Waals surface area contributed by atoms with Gasteiger partial charge in [0.05, 0.1) is 22.8 Å². The van der Waals surface area contributed by atoms with E-state index < -0.39 is 6.09 Å². The maximum Gasteiger partial charge on any atom is 0.425 e. The molecular weight excluding hydrogens is 227 g/mol. The molecule has 1 rings (SSSR count). The Morgan fingerprint density at radius 2 is 2.14 bits per heavy atom. The maximum atomic E-state index is 10.7. The smallest absolute Gasteiger partial charge is 0.425 e. The van der Waals surface area contributed by atoms with Crippen molar-refractivity contribution < 1.29 is 9.53 Å². The van der Waals surface area contributed by atoms with Crippen LogP contribution in [0.1, 0.15) is 0 Å². The Hall–Kier alpha value is -1.13. The van der Waals surface area contributed by atoms with Crippen molar-refractivity contribution in [2.45, 2.75) is 0 Å². The van der Waals surface area contributed by atoms with Crippen molar-refractivity contribution >= 4 is 35.0 Å². The van der Waals surface area contributed by atoms with Crippen molar-refractivity contribution in [1.82, 2.24) is 5.43 Å². The van der Waals surface area contributed by atoms with Crippen LogP contribution in [0, 0.1) is 0 Å². The van der Waals surface area contributed by atoms with Crippen LogP contribution in [0.3, 0.4) is 0 Å². The lowest BCUT2D eigenvalue weighted by molar-refractivity contribution is 0.173. The number of amides is 1. The predicted octanol–water partition coefficient (Wildman–Crippen LogP) is 2.68. The van der Waals surface area contributed by atoms with Crippen molar-refractivity contribution in [1.29, 1.82) is 0 Å². The van der Waals surface area contributed by atoms with Crippen LogP contribution in [-0.2, 0) is 4.74 Å². The van der Waals surface area contributed by atoms with Crippen LogP contribution >= 0.6 is 23.2 Å². The van der Waals surface area contributed by atoms with Crippen LogP contribution in [0.15, 0.2) is 18.2 Å². The molecule has 0 unspecified atom stereocenters. The Morgan fingerprint density at radius 1 is 1.43 bits per heavy atom. The molecule has 0 aliphatic rings. The van der Waals surface area contributed by atoms with E-state index in [-0.39, 0.29) is 0 Å². The summed E-state index contributed by atoms with van der Waals surface area (Å²) in [4.78, 5) is 10.7. The molecule has 0 saturated carbocycles. The van der Waals surface area contributed by atoms with Gasteiger partial charge in [-0.25, -0.2) is 10.2 Å². The lowest BCUT2D eigenvalue weighted by atomic mass is 10.3. The minimum absolute atomic E-state index is 0.338. The first-order chi connectivity index (χ1) is 6.65. The van der Waals surface area contributed by atoms with E-state index in [1.807, 2.05) is 0 Å². The molecule has 0 aliphatic carbocycles. The summed E-state index contributed by atoms with van der Waals surface area (Å²) < 4.78 is 4.35. The van der Waals surface area contributed by atoms with Crippen molar-refractivity contribution in [3.05, 3.63) is 28.2 Å². The van der Waals surface area contributed by atoms with Gasteiger partial charge >= 0.3 is 6.09 Å². The topological polar surface area (TPSA) is 50.4 Å². The first kappa shape index (κ1) is 10.9. The lowest BCUT2D eigenvalue weighted by Gasteiger charge is -2.09. The third-order valence-corrected chi connectivity index (χ3v) is 2.26. The molecule has 0 spiro atoms. The minimum Gasteiger partial charge on any atom is -0.452 e. The maximum absolute atomic E-state index is 10.7. The molecular formula is C8H8Cl2N2O2. The Labute approximate surface area is 91.1 Å². The molecule has 0 atom stereocenters. The number of benzene rings is 1. The number of nitrogens with one attached hydrogen (secondary N) is 2. The van der Waals surface area contributed by atoms with Gasteiger partial charge in [-0.1, -0.05) is 29.3 Å². The molecule has 1 aromatic rings. The zero-order valence-corrected chi connectivity index (χ0v) is 8.82. The number of hydrogen-bond acceptors (Lipinski definition) is 3. The van der Waals surface area contributed by atoms with Crippen LogP contribution in [0.4, 0.5) is 10.5 Å². The van der Waals surface area contributed by atoms with E-state index in [1.54, 1.807) is 18.2 Å². The summed E-state index contributed by atoms with van der Waals surface area (Å²) in [7, 11) is 1.26. The summed E-state index contributed by atoms with van der Waals surface area (Å²) in [5.74, 6) is 0. The average molecular weight is 235 g/mol. The Morgan fingerprint density at radius 3 is 2.79 bits per heavy atom. The number of carbonyl (C=O) groups excluding carboxylic acids is 1. The molecule has 0 saturated heterocycles. The summed E-state index contributed by atoms with van der Waals surface area (Å²) in [6.45, 7) is 0. The summed E-state index contributed by atoms with van der Waals surface area (Å²) in [6, 6.07) is 5.02. The molecule has 0 heterocycles. The highest BCUT2D eigenvalue weighted by Crippen LogP contribution is 2.28. The quantitative estimate of drug-likeness (QED) is 0.774. The van der Waals surface area contributed by atoms with Gasteiger partial charge in [-0.05, 0) is 12.1 Å². The van der Waals surface area contributed by atoms with Crippen LogP contribution in [0.2, 0.25) is 10.0 Å². The fraction of sp³-hybridized carbons (Fsp3) is 0.125. The van der Waals surface area contributed by atoms with Gasteiger partial charge in [0.1, 0.15) is 0 Å². The number of carbonyl (C=O) groups is 1. The van der Waals surface area contributed by atoms with Crippen LogP contribution in [-0.4, -0.2) is 13.2 Å². The van der Waals surface area contributed by atoms with Crippen molar-refractivity contribution in [3.8, 4) is 0 Å². The second-order valence-electron chi connectivity index (χ2n) is 2.34. The van der Waals surface area contributed by atoms with Gasteiger partial charge in [0.2, 0.25) is 0 Å². The van der Waals surface area contributed by atoms with E-state index in [2.05, 4.69) is 15.6 Å². The van der Waals surface area contributed by atoms with E-state index >= 15 is 0 Å². The molecule has 0 fully saturated rings. The number of anilines is 1. The number of ether oxygens (including phenoxy) is 1. The highest BCUT2D eigenvalue weighted by Gasteiger charge is 2.04. The molecule has 0 radical (unpaired) electrons. The third-order valence-electron chi connectivity index (χ3n) is 1.44. The number of hydrazine groups is 1. The van der Waals surface area contributed by atoms with Crippen molar-refractivity contribution in [3.63, 3.8) is 0 Å². The number of methoxy groups -OCH3 is 1. The van der Waals surface area contributed by atoms with Gasteiger partial charge in [0.15, 0.2) is 0 Å². The van der Waals surface area contributed by atoms with Crippen LogP contribution in [0.5, 0.6) is 0 Å². The zero-order chi connectivity index (χ0) is 10.6. The molecule has 2 N–H and O–H groups in total. The minimum atomic E-state index is -0.610. The van der Waals surface area contributed by atoms with Gasteiger partial charge < -0.3 is 4.74 Å². The van der Waals surface area contributed by atoms with Crippen LogP contribution < -0.4 is 10.9 Å². The van der Waals surface area contributed by atoms with Gasteiger partial charge in [-0.15, -0.1) is 0 Å². The molecule has 0 bridgehead atoms. The van der Waals surface area contributed by atoms with Gasteiger partial charge in [0.25, 0.3) is 0 Å². The second-order valence-corrected chi connectivity index (χ2v) is 3.13. The molecule has 6 heteroatoms. The van der Waals surface area contributed by atoms with Crippen molar-refractivity contribution in [2.75, 3.05) is 12.5 Å². The fourth-order valence-corrected chi connectivity index (χ4v) is 1.12. The van der Waals surface area contributed by atoms with Gasteiger partial charge in [-0.3, -0.25) is 5.43 Å². The highest BCUT2D eigenvalue weighted by molar-refractivity contribution is 6.43. The predicted molar refractivity (Wildman–Crippen MR) is 55.6 cm³/mol. The van der Waals surface area contributed by atoms with E-state index in [4.69, 9.17) is 23.2 Å². The van der Waals surface area contributed by atoms with E-state index in [0.29, 0.717) is 15.7 Å². The first-order valence-electron chi connectivity index (χ1n) is 3.69. The van der Waals surface area contributed by atoms with Crippen LogP contribution in [0.25, 0.3) is 0 Å². The number of rotatable bonds is 2. The monoisotopic (exact) mass is 234 g/mol. The lowest BCUT2D eigenvalue weighted by Crippen LogP contribution is -2.29. The number of hydrogen-bond donors (Lipinski definition) is 2. The zero-order valence-electron chi connectivity index (χ0n) is 7.30. The molecule has 14 heavy (non-hydrogen) atoms. The summed E-state index contributed by atoms with van der Waals surface area (Å²) >= 11 is 11.6. The second kappa shape index (κ2) is 4.93. The Balaban J connectivity index is 2.68. The summed E-state index contributed by atoms with van der Waals surface area (Å²) in [5, 5.41) is 0.744. The highest BCUT2D eigenvalue weighted by atomic mass is 35.5. The Kier molecular flexibility index (Phi) is 3.85. The van der Waals surface area contributed by atoms with Gasteiger partial charge in [-0.2, -0.15) is 0 Å². The van der Waals surface area contributed by atoms with Gasteiger partial charge in [0, 0.05) is 0 Å². The Bertz CT molecular complexity index is 344. The first-order valence-corrected chi connectivity index (χ1v) is 4.44. The summed E-state index contributed by atoms with van der Waals surface area (Å²) in [5.41, 5.74) is 5.33. The summed E-state index contributed by atoms with van der Waals surface area (Å²) in [6.07, 6.45) is -0.610. The van der Waals surface area contributed by atoms with Crippen molar-refractivity contribution in [2.24, 2.45) is 0 Å². The van der Waals surface area contributed by atoms with E-state index in [9.17, 15) is 4.79 Å². The normalized spacial score (nSPS) is 9.36. The molecule has 1 aromatic carbocycles. The molecule has 1 amide bonds. The average Bonchev–Trinajstić information content (AvgIpc) is 2.20. The fourth-order valence-electron chi connectivity index (χ4n) is 0.770. The standard InChI is InChI=1S/C8H8Cl2N2O2/c1-14-8(13)12-11-6-4-2-3-5(9)7(6)10/h2-4,11H,1H3,(H,12,13). The molecule has 0 aliphatic heterocycles. The largest absolute Gasteiger partial charge is 0.452 e. The SMILES string of the molecule is COC(=O)NNc1cccc(Cl)c1Cl. The van der Waals surface area contributed by atoms with E-state index in [0.717, 1.165) is 0 Å². The molecule has 76 valence electrons. The molecule has 4 nitrogen and oxygen atoms in total. The number of halogens is 2.